The summed E-state index contributed by atoms with van der Waals surface area (Å²) < 4.78 is 1.80. The Morgan fingerprint density at radius 1 is 1.21 bits per heavy atom. The third kappa shape index (κ3) is 2.22. The molecule has 1 aromatic carbocycles. The van der Waals surface area contributed by atoms with Gasteiger partial charge in [0.2, 0.25) is 0 Å². The molecule has 0 amide bonds. The predicted molar refractivity (Wildman–Crippen MR) is 77.0 cm³/mol. The first-order valence-corrected chi connectivity index (χ1v) is 6.81. The van der Waals surface area contributed by atoms with Crippen LogP contribution in [0.1, 0.15) is 16.1 Å². The molecular weight excluding hydrogens is 256 g/mol. The fraction of sp³-hybridized carbons (Fsp3) is 0.0667. The molecule has 0 radical (unpaired) electrons. The van der Waals surface area contributed by atoms with Crippen LogP contribution in [0.2, 0.25) is 0 Å². The summed E-state index contributed by atoms with van der Waals surface area (Å²) in [5, 5.41) is 2.82. The van der Waals surface area contributed by atoms with E-state index in [4.69, 9.17) is 0 Å². The third-order valence-corrected chi connectivity index (χ3v) is 3.79. The van der Waals surface area contributed by atoms with Crippen molar-refractivity contribution in [3.63, 3.8) is 0 Å². The molecule has 0 bridgehead atoms. The Morgan fingerprint density at radius 3 is 2.74 bits per heavy atom. The van der Waals surface area contributed by atoms with Crippen LogP contribution in [0, 0.1) is 6.92 Å². The lowest BCUT2D eigenvalue weighted by Crippen LogP contribution is -1.96. The molecule has 0 saturated heterocycles. The fourth-order valence-corrected chi connectivity index (χ4v) is 2.73. The van der Waals surface area contributed by atoms with Gasteiger partial charge in [-0.1, -0.05) is 29.8 Å². The van der Waals surface area contributed by atoms with Gasteiger partial charge in [-0.3, -0.25) is 9.36 Å². The van der Waals surface area contributed by atoms with Gasteiger partial charge < -0.3 is 0 Å². The van der Waals surface area contributed by atoms with Crippen LogP contribution in [0.5, 0.6) is 0 Å². The highest BCUT2D eigenvalue weighted by molar-refractivity contribution is 7.12. The fourth-order valence-electron chi connectivity index (χ4n) is 1.90. The van der Waals surface area contributed by atoms with Gasteiger partial charge in [-0.25, -0.2) is 4.98 Å². The van der Waals surface area contributed by atoms with Crippen molar-refractivity contribution in [1.82, 2.24) is 9.55 Å². The van der Waals surface area contributed by atoms with Crippen LogP contribution in [0.4, 0.5) is 0 Å². The van der Waals surface area contributed by atoms with E-state index in [2.05, 4.69) is 36.2 Å². The molecule has 2 aromatic heterocycles. The number of aromatic nitrogens is 2. The van der Waals surface area contributed by atoms with Crippen molar-refractivity contribution in [1.29, 1.82) is 0 Å². The Kier molecular flexibility index (Phi) is 3.01. The van der Waals surface area contributed by atoms with Gasteiger partial charge in [-0.2, -0.15) is 0 Å². The summed E-state index contributed by atoms with van der Waals surface area (Å²) in [4.78, 5) is 15.5. The number of carbonyl (C=O) groups is 1. The van der Waals surface area contributed by atoms with Crippen molar-refractivity contribution in [2.75, 3.05) is 0 Å². The number of rotatable bonds is 3. The normalized spacial score (nSPS) is 10.6. The molecule has 94 valence electrons. The van der Waals surface area contributed by atoms with E-state index in [1.54, 1.807) is 10.6 Å². The highest BCUT2D eigenvalue weighted by atomic mass is 32.1. The number of aryl methyl sites for hydroxylation is 1. The molecule has 0 saturated carbocycles. The van der Waals surface area contributed by atoms with Crippen molar-refractivity contribution < 1.29 is 4.79 Å². The van der Waals surface area contributed by atoms with Crippen LogP contribution in [0.15, 0.2) is 48.0 Å². The second-order valence-corrected chi connectivity index (χ2v) is 5.14. The molecule has 3 aromatic rings. The van der Waals surface area contributed by atoms with E-state index < -0.39 is 0 Å². The standard InChI is InChI=1S/C15H12N2OS/c1-11-4-6-12(7-5-11)14-10-19-15(16-14)17-8-2-3-13(17)9-18/h2-10H,1H3. The third-order valence-electron chi connectivity index (χ3n) is 2.95. The van der Waals surface area contributed by atoms with Crippen molar-refractivity contribution in [3.05, 3.63) is 59.2 Å². The molecule has 2 heterocycles. The quantitative estimate of drug-likeness (QED) is 0.678. The molecule has 0 aliphatic heterocycles. The molecular formula is C15H12N2OS. The minimum absolute atomic E-state index is 0.616. The predicted octanol–water partition coefficient (Wildman–Crippen LogP) is 3.72. The van der Waals surface area contributed by atoms with Crippen molar-refractivity contribution in [2.45, 2.75) is 6.92 Å². The number of hydrogen-bond acceptors (Lipinski definition) is 3. The van der Waals surface area contributed by atoms with E-state index in [-0.39, 0.29) is 0 Å². The Balaban J connectivity index is 2.00. The Hall–Kier alpha value is -2.20. The topological polar surface area (TPSA) is 34.9 Å². The summed E-state index contributed by atoms with van der Waals surface area (Å²) in [6.45, 7) is 2.06. The second-order valence-electron chi connectivity index (χ2n) is 4.30. The minimum atomic E-state index is 0.616. The van der Waals surface area contributed by atoms with Gasteiger partial charge in [-0.05, 0) is 19.1 Å². The number of carbonyl (C=O) groups excluding carboxylic acids is 1. The van der Waals surface area contributed by atoms with Crippen molar-refractivity contribution in [2.24, 2.45) is 0 Å². The van der Waals surface area contributed by atoms with Crippen LogP contribution in [-0.2, 0) is 0 Å². The molecule has 0 aliphatic carbocycles. The van der Waals surface area contributed by atoms with Gasteiger partial charge in [0.25, 0.3) is 0 Å². The summed E-state index contributed by atoms with van der Waals surface area (Å²) in [5.74, 6) is 0. The van der Waals surface area contributed by atoms with Crippen LogP contribution in [-0.4, -0.2) is 15.8 Å². The zero-order valence-electron chi connectivity index (χ0n) is 10.4. The zero-order chi connectivity index (χ0) is 13.2. The second kappa shape index (κ2) is 4.82. The summed E-state index contributed by atoms with van der Waals surface area (Å²) >= 11 is 1.53. The van der Waals surface area contributed by atoms with Gasteiger partial charge in [-0.15, -0.1) is 11.3 Å². The Bertz CT molecular complexity index is 710. The lowest BCUT2D eigenvalue weighted by Gasteiger charge is -1.99. The van der Waals surface area contributed by atoms with Gasteiger partial charge in [0.1, 0.15) is 0 Å². The molecule has 0 fully saturated rings. The van der Waals surface area contributed by atoms with Crippen molar-refractivity contribution >= 4 is 17.6 Å². The Morgan fingerprint density at radius 2 is 2.00 bits per heavy atom. The van der Waals surface area contributed by atoms with Crippen molar-refractivity contribution in [3.8, 4) is 16.4 Å². The summed E-state index contributed by atoms with van der Waals surface area (Å²) in [6.07, 6.45) is 2.69. The van der Waals surface area contributed by atoms with Gasteiger partial charge in [0, 0.05) is 17.1 Å². The number of thiazole rings is 1. The summed E-state index contributed by atoms with van der Waals surface area (Å²) in [5.41, 5.74) is 3.87. The van der Waals surface area contributed by atoms with Crippen LogP contribution in [0.25, 0.3) is 16.4 Å². The molecule has 19 heavy (non-hydrogen) atoms. The summed E-state index contributed by atoms with van der Waals surface area (Å²) in [7, 11) is 0. The van der Waals surface area contributed by atoms with Crippen LogP contribution >= 0.6 is 11.3 Å². The Labute approximate surface area is 115 Å². The maximum atomic E-state index is 10.9. The van der Waals surface area contributed by atoms with Crippen LogP contribution < -0.4 is 0 Å². The average Bonchev–Trinajstić information content (AvgIpc) is 3.07. The summed E-state index contributed by atoms with van der Waals surface area (Å²) in [6, 6.07) is 11.9. The number of aldehydes is 1. The molecule has 0 N–H and O–H groups in total. The highest BCUT2D eigenvalue weighted by Gasteiger charge is 2.08. The molecule has 3 rings (SSSR count). The van der Waals surface area contributed by atoms with E-state index >= 15 is 0 Å². The van der Waals surface area contributed by atoms with Gasteiger partial charge in [0.15, 0.2) is 11.4 Å². The molecule has 0 spiro atoms. The SMILES string of the molecule is Cc1ccc(-c2csc(-n3cccc3C=O)n2)cc1. The maximum absolute atomic E-state index is 10.9. The largest absolute Gasteiger partial charge is 0.296 e. The molecule has 0 aliphatic rings. The number of benzene rings is 1. The maximum Gasteiger partial charge on any atom is 0.194 e. The molecule has 3 nitrogen and oxygen atoms in total. The lowest BCUT2D eigenvalue weighted by molar-refractivity contribution is 0.111. The zero-order valence-corrected chi connectivity index (χ0v) is 11.2. The lowest BCUT2D eigenvalue weighted by atomic mass is 10.1. The average molecular weight is 268 g/mol. The molecule has 0 atom stereocenters. The van der Waals surface area contributed by atoms with Crippen LogP contribution in [0.3, 0.4) is 0 Å². The van der Waals surface area contributed by atoms with E-state index in [9.17, 15) is 4.79 Å². The first-order valence-electron chi connectivity index (χ1n) is 5.93. The van der Waals surface area contributed by atoms with E-state index in [0.717, 1.165) is 22.7 Å². The van der Waals surface area contributed by atoms with Gasteiger partial charge in [0.05, 0.1) is 11.4 Å². The van der Waals surface area contributed by atoms with E-state index in [1.165, 1.54) is 16.9 Å². The minimum Gasteiger partial charge on any atom is -0.296 e. The van der Waals surface area contributed by atoms with Gasteiger partial charge >= 0.3 is 0 Å². The monoisotopic (exact) mass is 268 g/mol. The number of nitrogens with zero attached hydrogens (tertiary/aromatic N) is 2. The number of hydrogen-bond donors (Lipinski definition) is 0. The molecule has 4 heteroatoms. The highest BCUT2D eigenvalue weighted by Crippen LogP contribution is 2.25. The first kappa shape index (κ1) is 11.9. The first-order chi connectivity index (χ1) is 9.28. The smallest absolute Gasteiger partial charge is 0.194 e. The van der Waals surface area contributed by atoms with E-state index in [0.29, 0.717) is 5.69 Å². The van der Waals surface area contributed by atoms with E-state index in [1.807, 2.05) is 17.6 Å². The molecule has 0 unspecified atom stereocenters.